The number of rotatable bonds is 7. The van der Waals surface area contributed by atoms with E-state index >= 15 is 0 Å². The van der Waals surface area contributed by atoms with Crippen LogP contribution in [0.15, 0.2) is 53.8 Å². The molecule has 208 valence electrons. The Bertz CT molecular complexity index is 1560. The minimum absolute atomic E-state index is 0. The molecule has 0 spiro atoms. The molecule has 0 radical (unpaired) electrons. The number of halogens is 3. The Labute approximate surface area is 234 Å². The maximum absolute atomic E-state index is 14.3. The summed E-state index contributed by atoms with van der Waals surface area (Å²) in [4.78, 5) is 51.0. The molecule has 5 heterocycles. The highest BCUT2D eigenvalue weighted by molar-refractivity contribution is 9.10. The Balaban J connectivity index is 0.00000370. The third-order valence-electron chi connectivity index (χ3n) is 5.84. The Kier molecular flexibility index (Phi) is 8.27. The largest absolute Gasteiger partial charge is 0.364 e. The van der Waals surface area contributed by atoms with Crippen LogP contribution in [0.2, 0.25) is 0 Å². The van der Waals surface area contributed by atoms with Gasteiger partial charge in [0.05, 0.1) is 25.1 Å². The predicted octanol–water partition coefficient (Wildman–Crippen LogP) is 2.14. The zero-order valence-corrected chi connectivity index (χ0v) is 21.5. The first-order valence-corrected chi connectivity index (χ1v) is 12.2. The van der Waals surface area contributed by atoms with Crippen molar-refractivity contribution >= 4 is 39.5 Å². The number of carbonyl (C=O) groups is 3. The van der Waals surface area contributed by atoms with E-state index in [4.69, 9.17) is 5.73 Å². The highest BCUT2D eigenvalue weighted by Crippen LogP contribution is 2.25. The minimum atomic E-state index is -1.39. The highest BCUT2D eigenvalue weighted by atomic mass is 79.9. The molecule has 3 amide bonds. The third kappa shape index (κ3) is 6.01. The van der Waals surface area contributed by atoms with E-state index in [0.29, 0.717) is 10.2 Å². The number of alkyl halides is 1. The van der Waals surface area contributed by atoms with Gasteiger partial charge in [-0.25, -0.2) is 28.4 Å². The molecule has 2 atom stereocenters. The molecule has 4 aromatic rings. The number of nitrogens with two attached hydrogens (primary N) is 1. The van der Waals surface area contributed by atoms with Gasteiger partial charge in [-0.05, 0) is 28.1 Å². The number of anilines is 1. The number of hydrogen-bond donors (Lipinski definition) is 2. The van der Waals surface area contributed by atoms with Crippen LogP contribution in [0.25, 0.3) is 17.1 Å². The lowest BCUT2D eigenvalue weighted by Gasteiger charge is -2.23. The van der Waals surface area contributed by atoms with Crippen molar-refractivity contribution in [3.8, 4) is 17.1 Å². The van der Waals surface area contributed by atoms with Crippen LogP contribution in [0, 0.1) is 5.82 Å². The number of amides is 3. The molecule has 1 aliphatic rings. The molecule has 0 bridgehead atoms. The number of hydrogen-bond acceptors (Lipinski definition) is 8. The predicted molar refractivity (Wildman–Crippen MR) is 141 cm³/mol. The van der Waals surface area contributed by atoms with Crippen LogP contribution in [0.3, 0.4) is 0 Å². The van der Waals surface area contributed by atoms with Crippen LogP contribution in [-0.2, 0) is 16.1 Å². The summed E-state index contributed by atoms with van der Waals surface area (Å²) in [6.45, 7) is -0.662. The maximum atomic E-state index is 14.3. The molecule has 16 heteroatoms. The first-order chi connectivity index (χ1) is 18.7. The molecule has 5 rings (SSSR count). The lowest BCUT2D eigenvalue weighted by molar-refractivity contribution is -0.137. The standard InChI is InChI=1S/C23H19BrF2N10O3.CH4/c24-17-2-1-3-18(31-17)32-22(39)16-4-13(25)9-35(16)19(37)11-34-10-15(20(33-34)21(27)38)12-5-30-36(8-12)23-28-6-14(26)7-29-23;/h1-3,5-8,10,13,16H,4,9,11H2,(H2,27,38)(H,31,32,39);1H4/t13-,16+;/m1./s1. The minimum Gasteiger partial charge on any atom is -0.364 e. The SMILES string of the molecule is C.NC(=O)c1nn(CC(=O)N2C[C@H](F)C[C@H]2C(=O)Nc2cccc(Br)n2)cc1-c1cnn(-c2ncc(F)cn2)c1. The van der Waals surface area contributed by atoms with Gasteiger partial charge in [-0.1, -0.05) is 13.5 Å². The number of carbonyl (C=O) groups excluding carboxylic acids is 3. The average Bonchev–Trinajstić information content (AvgIpc) is 3.63. The summed E-state index contributed by atoms with van der Waals surface area (Å²) >= 11 is 3.21. The maximum Gasteiger partial charge on any atom is 0.269 e. The summed E-state index contributed by atoms with van der Waals surface area (Å²) in [5.74, 6) is -2.30. The van der Waals surface area contributed by atoms with Gasteiger partial charge >= 0.3 is 0 Å². The zero-order chi connectivity index (χ0) is 27.7. The van der Waals surface area contributed by atoms with Crippen molar-refractivity contribution in [3.05, 3.63) is 65.3 Å². The topological polar surface area (TPSA) is 167 Å². The van der Waals surface area contributed by atoms with E-state index < -0.39 is 35.8 Å². The second kappa shape index (κ2) is 11.6. The Morgan fingerprint density at radius 3 is 2.60 bits per heavy atom. The first kappa shape index (κ1) is 28.4. The summed E-state index contributed by atoms with van der Waals surface area (Å²) < 4.78 is 30.4. The Morgan fingerprint density at radius 2 is 1.90 bits per heavy atom. The van der Waals surface area contributed by atoms with Gasteiger partial charge in [0.25, 0.3) is 11.9 Å². The molecule has 0 aliphatic carbocycles. The van der Waals surface area contributed by atoms with E-state index in [1.807, 2.05) is 0 Å². The molecule has 1 fully saturated rings. The molecule has 0 unspecified atom stereocenters. The molecule has 40 heavy (non-hydrogen) atoms. The molecule has 13 nitrogen and oxygen atoms in total. The molecular formula is C24H23BrF2N10O3. The average molecular weight is 617 g/mol. The number of primary amides is 1. The van der Waals surface area contributed by atoms with Crippen LogP contribution >= 0.6 is 15.9 Å². The van der Waals surface area contributed by atoms with Crippen LogP contribution in [0.4, 0.5) is 14.6 Å². The fourth-order valence-electron chi connectivity index (χ4n) is 4.12. The normalized spacial score (nSPS) is 16.4. The summed E-state index contributed by atoms with van der Waals surface area (Å²) in [6, 6.07) is 3.86. The van der Waals surface area contributed by atoms with E-state index in [2.05, 4.69) is 46.4 Å². The zero-order valence-electron chi connectivity index (χ0n) is 19.9. The number of nitrogens with zero attached hydrogens (tertiary/aromatic N) is 8. The summed E-state index contributed by atoms with van der Waals surface area (Å²) in [6.07, 6.45) is 4.67. The number of likely N-dealkylation sites (tertiary alicyclic amines) is 1. The molecule has 1 aliphatic heterocycles. The third-order valence-corrected chi connectivity index (χ3v) is 6.28. The highest BCUT2D eigenvalue weighted by Gasteiger charge is 2.40. The number of aromatic nitrogens is 7. The lowest BCUT2D eigenvalue weighted by atomic mass is 10.1. The second-order valence-corrected chi connectivity index (χ2v) is 9.37. The number of nitrogens with one attached hydrogen (secondary N) is 1. The van der Waals surface area contributed by atoms with E-state index in [1.165, 1.54) is 28.0 Å². The van der Waals surface area contributed by atoms with Crippen molar-refractivity contribution in [2.75, 3.05) is 11.9 Å². The second-order valence-electron chi connectivity index (χ2n) is 8.56. The van der Waals surface area contributed by atoms with Gasteiger partial charge in [0.15, 0.2) is 11.5 Å². The van der Waals surface area contributed by atoms with Crippen molar-refractivity contribution in [2.24, 2.45) is 5.73 Å². The summed E-state index contributed by atoms with van der Waals surface area (Å²) in [5, 5.41) is 10.8. The fraction of sp³-hybridized carbons (Fsp3) is 0.250. The molecule has 4 aromatic heterocycles. The van der Waals surface area contributed by atoms with Crippen LogP contribution in [-0.4, -0.2) is 75.9 Å². The van der Waals surface area contributed by atoms with Crippen molar-refractivity contribution in [2.45, 2.75) is 32.6 Å². The molecular weight excluding hydrogens is 594 g/mol. The van der Waals surface area contributed by atoms with Crippen molar-refractivity contribution in [1.29, 1.82) is 0 Å². The summed E-state index contributed by atoms with van der Waals surface area (Å²) in [5.41, 5.74) is 6.03. The van der Waals surface area contributed by atoms with Crippen LogP contribution in [0.1, 0.15) is 24.3 Å². The van der Waals surface area contributed by atoms with Gasteiger partial charge in [0.1, 0.15) is 29.2 Å². The molecule has 3 N–H and O–H groups in total. The first-order valence-electron chi connectivity index (χ1n) is 11.4. The molecule has 0 saturated carbocycles. The Hall–Kier alpha value is -4.60. The van der Waals surface area contributed by atoms with E-state index in [9.17, 15) is 23.2 Å². The summed E-state index contributed by atoms with van der Waals surface area (Å²) in [7, 11) is 0. The van der Waals surface area contributed by atoms with Gasteiger partial charge in [-0.3, -0.25) is 19.1 Å². The van der Waals surface area contributed by atoms with Gasteiger partial charge in [-0.2, -0.15) is 10.2 Å². The quantitative estimate of drug-likeness (QED) is 0.298. The fourth-order valence-corrected chi connectivity index (χ4v) is 4.46. The lowest BCUT2D eigenvalue weighted by Crippen LogP contribution is -2.44. The molecule has 1 saturated heterocycles. The van der Waals surface area contributed by atoms with E-state index in [1.54, 1.807) is 18.2 Å². The van der Waals surface area contributed by atoms with Crippen molar-refractivity contribution in [1.82, 2.24) is 39.4 Å². The van der Waals surface area contributed by atoms with Gasteiger partial charge < -0.3 is 16.0 Å². The van der Waals surface area contributed by atoms with Gasteiger partial charge in [-0.15, -0.1) is 0 Å². The van der Waals surface area contributed by atoms with E-state index in [-0.39, 0.29) is 50.0 Å². The van der Waals surface area contributed by atoms with Gasteiger partial charge in [0.2, 0.25) is 11.8 Å². The monoisotopic (exact) mass is 616 g/mol. The molecule has 0 aromatic carbocycles. The van der Waals surface area contributed by atoms with Crippen LogP contribution < -0.4 is 11.1 Å². The smallest absolute Gasteiger partial charge is 0.269 e. The van der Waals surface area contributed by atoms with Gasteiger partial charge in [0, 0.05) is 29.9 Å². The Morgan fingerprint density at radius 1 is 1.15 bits per heavy atom. The van der Waals surface area contributed by atoms with E-state index in [0.717, 1.165) is 17.3 Å². The van der Waals surface area contributed by atoms with Crippen molar-refractivity contribution in [3.63, 3.8) is 0 Å². The van der Waals surface area contributed by atoms with Crippen LogP contribution in [0.5, 0.6) is 0 Å². The number of pyridine rings is 1. The van der Waals surface area contributed by atoms with Crippen molar-refractivity contribution < 1.29 is 23.2 Å².